The minimum atomic E-state index is 0.742. The van der Waals surface area contributed by atoms with E-state index in [0.717, 1.165) is 28.1 Å². The van der Waals surface area contributed by atoms with Crippen molar-refractivity contribution in [2.75, 3.05) is 14.2 Å². The molecule has 0 spiro atoms. The molecule has 3 aromatic rings. The Kier molecular flexibility index (Phi) is 4.77. The van der Waals surface area contributed by atoms with E-state index in [-0.39, 0.29) is 0 Å². The van der Waals surface area contributed by atoms with Gasteiger partial charge in [0, 0.05) is 5.75 Å². The van der Waals surface area contributed by atoms with Gasteiger partial charge in [-0.05, 0) is 52.4 Å². The molecule has 1 heterocycles. The highest BCUT2D eigenvalue weighted by Gasteiger charge is 2.09. The van der Waals surface area contributed by atoms with Gasteiger partial charge in [0.1, 0.15) is 11.5 Å². The summed E-state index contributed by atoms with van der Waals surface area (Å²) in [5, 5.41) is 12.7. The van der Waals surface area contributed by atoms with Gasteiger partial charge >= 0.3 is 0 Å². The zero-order valence-corrected chi connectivity index (χ0v) is 13.7. The first-order chi connectivity index (χ1) is 11.3. The summed E-state index contributed by atoms with van der Waals surface area (Å²) in [5.74, 6) is 2.43. The van der Waals surface area contributed by atoms with E-state index in [2.05, 4.69) is 15.5 Å². The van der Waals surface area contributed by atoms with Crippen molar-refractivity contribution in [3.05, 3.63) is 54.1 Å². The molecule has 0 atom stereocenters. The van der Waals surface area contributed by atoms with Gasteiger partial charge in [-0.3, -0.25) is 0 Å². The number of hydrogen-bond acceptors (Lipinski definition) is 6. The van der Waals surface area contributed by atoms with Gasteiger partial charge in [0.25, 0.3) is 0 Å². The van der Waals surface area contributed by atoms with Crippen LogP contribution >= 0.6 is 11.8 Å². The minimum Gasteiger partial charge on any atom is -0.497 e. The van der Waals surface area contributed by atoms with Crippen molar-refractivity contribution in [1.82, 2.24) is 20.2 Å². The van der Waals surface area contributed by atoms with Gasteiger partial charge in [0.05, 0.1) is 19.9 Å². The van der Waals surface area contributed by atoms with Crippen molar-refractivity contribution in [1.29, 1.82) is 0 Å². The summed E-state index contributed by atoms with van der Waals surface area (Å²) in [6.07, 6.45) is 0. The van der Waals surface area contributed by atoms with Crippen molar-refractivity contribution in [2.24, 2.45) is 0 Å². The smallest absolute Gasteiger partial charge is 0.214 e. The Labute approximate surface area is 138 Å². The topological polar surface area (TPSA) is 62.1 Å². The molecule has 1 aromatic heterocycles. The van der Waals surface area contributed by atoms with Gasteiger partial charge in [0.2, 0.25) is 5.16 Å². The lowest BCUT2D eigenvalue weighted by Crippen LogP contribution is -1.99. The first kappa shape index (κ1) is 15.4. The third-order valence-corrected chi connectivity index (χ3v) is 4.28. The Morgan fingerprint density at radius 3 is 2.13 bits per heavy atom. The second-order valence-corrected chi connectivity index (χ2v) is 5.65. The predicted molar refractivity (Wildman–Crippen MR) is 88.3 cm³/mol. The highest BCUT2D eigenvalue weighted by Crippen LogP contribution is 2.24. The number of tetrazole rings is 1. The molecule has 0 saturated carbocycles. The summed E-state index contributed by atoms with van der Waals surface area (Å²) >= 11 is 1.58. The number of rotatable bonds is 6. The van der Waals surface area contributed by atoms with Crippen LogP contribution in [0.25, 0.3) is 5.69 Å². The number of nitrogens with zero attached hydrogens (tertiary/aromatic N) is 4. The third-order valence-electron chi connectivity index (χ3n) is 3.28. The lowest BCUT2D eigenvalue weighted by Gasteiger charge is -2.06. The van der Waals surface area contributed by atoms with Crippen LogP contribution in [-0.4, -0.2) is 34.4 Å². The number of thioether (sulfide) groups is 1. The fourth-order valence-electron chi connectivity index (χ4n) is 2.02. The van der Waals surface area contributed by atoms with Gasteiger partial charge in [-0.25, -0.2) is 0 Å². The van der Waals surface area contributed by atoms with E-state index in [1.165, 1.54) is 5.56 Å². The molecule has 0 N–H and O–H groups in total. The van der Waals surface area contributed by atoms with E-state index in [1.54, 1.807) is 30.7 Å². The molecule has 0 saturated heterocycles. The SMILES string of the molecule is COc1ccc(CSc2nnnn2-c2ccc(OC)cc2)cc1. The molecule has 118 valence electrons. The number of ether oxygens (including phenoxy) is 2. The van der Waals surface area contributed by atoms with Gasteiger partial charge in [-0.2, -0.15) is 4.68 Å². The van der Waals surface area contributed by atoms with E-state index < -0.39 is 0 Å². The molecule has 0 bridgehead atoms. The summed E-state index contributed by atoms with van der Waals surface area (Å²) < 4.78 is 12.0. The van der Waals surface area contributed by atoms with Crippen LogP contribution in [0.3, 0.4) is 0 Å². The lowest BCUT2D eigenvalue weighted by molar-refractivity contribution is 0.414. The molecule has 0 aliphatic carbocycles. The average molecular weight is 328 g/mol. The maximum atomic E-state index is 5.16. The third kappa shape index (κ3) is 3.62. The van der Waals surface area contributed by atoms with E-state index in [9.17, 15) is 0 Å². The molecular weight excluding hydrogens is 312 g/mol. The second kappa shape index (κ2) is 7.15. The minimum absolute atomic E-state index is 0.742. The van der Waals surface area contributed by atoms with E-state index in [4.69, 9.17) is 9.47 Å². The van der Waals surface area contributed by atoms with Gasteiger partial charge in [0.15, 0.2) is 0 Å². The van der Waals surface area contributed by atoms with Crippen LogP contribution in [0, 0.1) is 0 Å². The molecule has 0 unspecified atom stereocenters. The first-order valence-corrected chi connectivity index (χ1v) is 7.97. The molecule has 2 aromatic carbocycles. The first-order valence-electron chi connectivity index (χ1n) is 6.98. The van der Waals surface area contributed by atoms with Crippen LogP contribution in [0.1, 0.15) is 5.56 Å². The molecule has 6 nitrogen and oxygen atoms in total. The van der Waals surface area contributed by atoms with Gasteiger partial charge < -0.3 is 9.47 Å². The zero-order valence-electron chi connectivity index (χ0n) is 12.8. The van der Waals surface area contributed by atoms with Crippen LogP contribution in [0.2, 0.25) is 0 Å². The molecule has 0 amide bonds. The standard InChI is InChI=1S/C16H16N4O2S/c1-21-14-7-3-12(4-8-14)11-23-16-17-18-19-20(16)13-5-9-15(22-2)10-6-13/h3-10H,11H2,1-2H3. The number of methoxy groups -OCH3 is 2. The van der Waals surface area contributed by atoms with E-state index in [1.807, 2.05) is 48.5 Å². The molecule has 0 aliphatic rings. The molecule has 23 heavy (non-hydrogen) atoms. The Balaban J connectivity index is 1.72. The summed E-state index contributed by atoms with van der Waals surface area (Å²) in [6, 6.07) is 15.6. The average Bonchev–Trinajstić information content (AvgIpc) is 3.09. The summed E-state index contributed by atoms with van der Waals surface area (Å²) in [6.45, 7) is 0. The molecule has 0 aliphatic heterocycles. The van der Waals surface area contributed by atoms with Crippen LogP contribution < -0.4 is 9.47 Å². The Morgan fingerprint density at radius 2 is 1.52 bits per heavy atom. The predicted octanol–water partition coefficient (Wildman–Crippen LogP) is 2.97. The number of benzene rings is 2. The second-order valence-electron chi connectivity index (χ2n) is 4.71. The zero-order chi connectivity index (χ0) is 16.1. The highest BCUT2D eigenvalue weighted by atomic mass is 32.2. The van der Waals surface area contributed by atoms with E-state index >= 15 is 0 Å². The number of hydrogen-bond donors (Lipinski definition) is 0. The van der Waals surface area contributed by atoms with Crippen molar-refractivity contribution in [3.8, 4) is 17.2 Å². The summed E-state index contributed by atoms with van der Waals surface area (Å²) in [4.78, 5) is 0. The Hall–Kier alpha value is -2.54. The fourth-order valence-corrected chi connectivity index (χ4v) is 2.87. The van der Waals surface area contributed by atoms with Gasteiger partial charge in [-0.1, -0.05) is 23.9 Å². The fraction of sp³-hybridized carbons (Fsp3) is 0.188. The quantitative estimate of drug-likeness (QED) is 0.648. The van der Waals surface area contributed by atoms with Crippen LogP contribution in [0.5, 0.6) is 11.5 Å². The maximum Gasteiger partial charge on any atom is 0.214 e. The van der Waals surface area contributed by atoms with Crippen molar-refractivity contribution >= 4 is 11.8 Å². The summed E-state index contributed by atoms with van der Waals surface area (Å²) in [7, 11) is 3.30. The van der Waals surface area contributed by atoms with Crippen molar-refractivity contribution < 1.29 is 9.47 Å². The number of aromatic nitrogens is 4. The van der Waals surface area contributed by atoms with Crippen LogP contribution in [0.4, 0.5) is 0 Å². The highest BCUT2D eigenvalue weighted by molar-refractivity contribution is 7.98. The summed E-state index contributed by atoms with van der Waals surface area (Å²) in [5.41, 5.74) is 2.08. The van der Waals surface area contributed by atoms with Crippen LogP contribution in [0.15, 0.2) is 53.7 Å². The van der Waals surface area contributed by atoms with E-state index in [0.29, 0.717) is 0 Å². The largest absolute Gasteiger partial charge is 0.497 e. The lowest BCUT2D eigenvalue weighted by atomic mass is 10.2. The van der Waals surface area contributed by atoms with Crippen molar-refractivity contribution in [3.63, 3.8) is 0 Å². The normalized spacial score (nSPS) is 10.5. The van der Waals surface area contributed by atoms with Crippen molar-refractivity contribution in [2.45, 2.75) is 10.9 Å². The van der Waals surface area contributed by atoms with Crippen LogP contribution in [-0.2, 0) is 5.75 Å². The van der Waals surface area contributed by atoms with Gasteiger partial charge in [-0.15, -0.1) is 5.10 Å². The molecule has 3 rings (SSSR count). The monoisotopic (exact) mass is 328 g/mol. The molecular formula is C16H16N4O2S. The Bertz CT molecular complexity index is 757. The molecule has 0 fully saturated rings. The molecule has 0 radical (unpaired) electrons. The Morgan fingerprint density at radius 1 is 0.913 bits per heavy atom. The molecule has 7 heteroatoms. The maximum absolute atomic E-state index is 5.16.